The van der Waals surface area contributed by atoms with Crippen molar-refractivity contribution in [1.29, 1.82) is 5.26 Å². The Morgan fingerprint density at radius 1 is 1.36 bits per heavy atom. The second-order valence-corrected chi connectivity index (χ2v) is 9.82. The number of aliphatic hydroxyl groups excluding tert-OH is 1. The van der Waals surface area contributed by atoms with Gasteiger partial charge in [-0.3, -0.25) is 9.59 Å². The lowest BCUT2D eigenvalue weighted by atomic mass is 9.80. The molecule has 2 N–H and O–H groups in total. The molecule has 3 aliphatic heterocycles. The van der Waals surface area contributed by atoms with Crippen molar-refractivity contribution < 1.29 is 19.5 Å². The maximum Gasteiger partial charge on any atom is 0.320 e. The smallest absolute Gasteiger partial charge is 0.320 e. The minimum absolute atomic E-state index is 0.103. The van der Waals surface area contributed by atoms with Gasteiger partial charge in [-0.2, -0.15) is 5.26 Å². The Labute approximate surface area is 193 Å². The molecule has 9 nitrogen and oxygen atoms in total. The van der Waals surface area contributed by atoms with Crippen molar-refractivity contribution in [3.63, 3.8) is 0 Å². The van der Waals surface area contributed by atoms with Gasteiger partial charge in [0.15, 0.2) is 0 Å². The van der Waals surface area contributed by atoms with Gasteiger partial charge in [-0.1, -0.05) is 32.0 Å². The third-order valence-corrected chi connectivity index (χ3v) is 7.10. The molecular formula is C24H31N5O4. The van der Waals surface area contributed by atoms with E-state index in [0.29, 0.717) is 25.1 Å². The molecule has 2 fully saturated rings. The normalized spacial score (nSPS) is 27.0. The predicted molar refractivity (Wildman–Crippen MR) is 121 cm³/mol. The van der Waals surface area contributed by atoms with Crippen LogP contribution in [-0.4, -0.2) is 82.5 Å². The van der Waals surface area contributed by atoms with Gasteiger partial charge in [0.05, 0.1) is 17.6 Å². The molecule has 0 aromatic heterocycles. The van der Waals surface area contributed by atoms with E-state index in [1.165, 1.54) is 9.80 Å². The number of rotatable bonds is 4. The monoisotopic (exact) mass is 453 g/mol. The molecule has 3 heterocycles. The van der Waals surface area contributed by atoms with Crippen LogP contribution in [0.15, 0.2) is 24.3 Å². The number of urea groups is 1. The number of carbonyl (C=O) groups excluding carboxylic acids is 3. The highest BCUT2D eigenvalue weighted by Gasteiger charge is 2.56. The Kier molecular flexibility index (Phi) is 6.06. The van der Waals surface area contributed by atoms with E-state index in [4.69, 9.17) is 0 Å². The molecule has 176 valence electrons. The van der Waals surface area contributed by atoms with Gasteiger partial charge in [0.2, 0.25) is 11.8 Å². The number of amides is 4. The molecule has 4 rings (SSSR count). The van der Waals surface area contributed by atoms with Gasteiger partial charge in [-0.05, 0) is 30.4 Å². The summed E-state index contributed by atoms with van der Waals surface area (Å²) < 4.78 is 0. The molecule has 0 bridgehead atoms. The number of aliphatic hydroxyl groups is 1. The minimum Gasteiger partial charge on any atom is -0.391 e. The Hall–Kier alpha value is -3.12. The summed E-state index contributed by atoms with van der Waals surface area (Å²) in [7, 11) is 1.60. The number of benzene rings is 1. The van der Waals surface area contributed by atoms with E-state index in [2.05, 4.69) is 11.4 Å². The average molecular weight is 454 g/mol. The van der Waals surface area contributed by atoms with Gasteiger partial charge in [-0.25, -0.2) is 4.79 Å². The number of nitrogens with one attached hydrogen (secondary N) is 1. The fourth-order valence-electron chi connectivity index (χ4n) is 5.32. The highest BCUT2D eigenvalue weighted by molar-refractivity contribution is 6.07. The van der Waals surface area contributed by atoms with Crippen LogP contribution < -0.4 is 5.32 Å². The Bertz CT molecular complexity index is 1000. The number of likely N-dealkylation sites (N-methyl/N-ethyl adjacent to an activating group) is 1. The summed E-state index contributed by atoms with van der Waals surface area (Å²) in [6.07, 6.45) is 0.621. The van der Waals surface area contributed by atoms with Crippen LogP contribution in [0.3, 0.4) is 0 Å². The predicted octanol–water partition coefficient (Wildman–Crippen LogP) is 1.53. The number of fused-ring (bicyclic) bond motifs is 2. The van der Waals surface area contributed by atoms with Crippen molar-refractivity contribution in [2.24, 2.45) is 5.92 Å². The van der Waals surface area contributed by atoms with Gasteiger partial charge in [-0.15, -0.1) is 0 Å². The SMILES string of the molecule is CC(C)C[C@@H](C(=O)N1C[C@]2(CC1C#N)C(=O)Nc1ccccc12)N(C)C(=O)N1CCC(O)C1. The number of anilines is 1. The number of hydrogen-bond donors (Lipinski definition) is 2. The van der Waals surface area contributed by atoms with Crippen molar-refractivity contribution in [3.8, 4) is 6.07 Å². The summed E-state index contributed by atoms with van der Waals surface area (Å²) in [6.45, 7) is 4.75. The van der Waals surface area contributed by atoms with Gasteiger partial charge < -0.3 is 25.1 Å². The third-order valence-electron chi connectivity index (χ3n) is 7.10. The van der Waals surface area contributed by atoms with E-state index in [-0.39, 0.29) is 43.3 Å². The fourth-order valence-corrected chi connectivity index (χ4v) is 5.32. The molecule has 0 saturated carbocycles. The maximum absolute atomic E-state index is 13.8. The van der Waals surface area contributed by atoms with E-state index in [1.54, 1.807) is 11.9 Å². The van der Waals surface area contributed by atoms with E-state index >= 15 is 0 Å². The van der Waals surface area contributed by atoms with Gasteiger partial charge >= 0.3 is 6.03 Å². The quantitative estimate of drug-likeness (QED) is 0.717. The first-order valence-corrected chi connectivity index (χ1v) is 11.5. The number of β-amino-alcohol motifs (C(OH)–C–C–N with tert-alkyl or cyclic N) is 1. The zero-order valence-electron chi connectivity index (χ0n) is 19.3. The maximum atomic E-state index is 13.8. The molecule has 4 atom stereocenters. The van der Waals surface area contributed by atoms with Gasteiger partial charge in [0.25, 0.3) is 0 Å². The largest absolute Gasteiger partial charge is 0.391 e. The molecule has 3 aliphatic rings. The highest BCUT2D eigenvalue weighted by Crippen LogP contribution is 2.46. The van der Waals surface area contributed by atoms with Gasteiger partial charge in [0.1, 0.15) is 12.1 Å². The Morgan fingerprint density at radius 2 is 2.09 bits per heavy atom. The van der Waals surface area contributed by atoms with Crippen molar-refractivity contribution in [2.45, 2.75) is 56.7 Å². The van der Waals surface area contributed by atoms with E-state index in [9.17, 15) is 24.8 Å². The zero-order chi connectivity index (χ0) is 23.9. The molecule has 0 aliphatic carbocycles. The molecule has 2 unspecified atom stereocenters. The second kappa shape index (κ2) is 8.67. The fraction of sp³-hybridized carbons (Fsp3) is 0.583. The minimum atomic E-state index is -0.962. The Balaban J connectivity index is 1.61. The first-order chi connectivity index (χ1) is 15.7. The Morgan fingerprint density at radius 3 is 2.73 bits per heavy atom. The van der Waals surface area contributed by atoms with Crippen molar-refractivity contribution >= 4 is 23.5 Å². The first-order valence-electron chi connectivity index (χ1n) is 11.5. The number of nitriles is 1. The average Bonchev–Trinajstić information content (AvgIpc) is 3.47. The van der Waals surface area contributed by atoms with Crippen LogP contribution >= 0.6 is 0 Å². The van der Waals surface area contributed by atoms with E-state index in [0.717, 1.165) is 5.56 Å². The number of nitrogens with zero attached hydrogens (tertiary/aromatic N) is 4. The van der Waals surface area contributed by atoms with Crippen LogP contribution in [0.5, 0.6) is 0 Å². The molecule has 1 aromatic rings. The second-order valence-electron chi connectivity index (χ2n) is 9.82. The van der Waals surface area contributed by atoms with E-state index in [1.807, 2.05) is 38.1 Å². The summed E-state index contributed by atoms with van der Waals surface area (Å²) in [5.41, 5.74) is 0.560. The lowest BCUT2D eigenvalue weighted by molar-refractivity contribution is -0.136. The highest BCUT2D eigenvalue weighted by atomic mass is 16.3. The van der Waals surface area contributed by atoms with Crippen molar-refractivity contribution in [2.75, 3.05) is 32.0 Å². The summed E-state index contributed by atoms with van der Waals surface area (Å²) in [5.74, 6) is -0.388. The number of likely N-dealkylation sites (tertiary alicyclic amines) is 2. The van der Waals surface area contributed by atoms with E-state index < -0.39 is 23.6 Å². The molecule has 0 radical (unpaired) electrons. The van der Waals surface area contributed by atoms with Crippen LogP contribution in [0.25, 0.3) is 0 Å². The summed E-state index contributed by atoms with van der Waals surface area (Å²) >= 11 is 0. The van der Waals surface area contributed by atoms with Crippen LogP contribution in [0.4, 0.5) is 10.5 Å². The van der Waals surface area contributed by atoms with Crippen LogP contribution in [0.1, 0.15) is 38.7 Å². The number of carbonyl (C=O) groups is 3. The van der Waals surface area contributed by atoms with Crippen LogP contribution in [0, 0.1) is 17.2 Å². The molecule has 1 aromatic carbocycles. The molecular weight excluding hydrogens is 422 g/mol. The van der Waals surface area contributed by atoms with Crippen molar-refractivity contribution in [1.82, 2.24) is 14.7 Å². The lowest BCUT2D eigenvalue weighted by Crippen LogP contribution is -2.54. The lowest BCUT2D eigenvalue weighted by Gasteiger charge is -2.35. The third kappa shape index (κ3) is 3.93. The number of hydrogen-bond acceptors (Lipinski definition) is 5. The first kappa shape index (κ1) is 23.1. The summed E-state index contributed by atoms with van der Waals surface area (Å²) in [5, 5.41) is 22.6. The summed E-state index contributed by atoms with van der Waals surface area (Å²) in [6, 6.07) is 7.77. The van der Waals surface area contributed by atoms with Crippen LogP contribution in [-0.2, 0) is 15.0 Å². The molecule has 4 amide bonds. The molecule has 9 heteroatoms. The number of para-hydroxylation sites is 1. The standard InChI is InChI=1S/C24H31N5O4/c1-15(2)10-20(27(3)23(33)28-9-8-17(30)13-28)21(31)29-14-24(11-16(29)12-25)18-6-4-5-7-19(18)26-22(24)32/h4-7,15-17,20,30H,8-11,13-14H2,1-3H3,(H,26,32)/t16?,17?,20-,24-/m0/s1. The zero-order valence-corrected chi connectivity index (χ0v) is 19.3. The summed E-state index contributed by atoms with van der Waals surface area (Å²) in [4.78, 5) is 44.4. The topological polar surface area (TPSA) is 117 Å². The van der Waals surface area contributed by atoms with Gasteiger partial charge in [0, 0.05) is 38.8 Å². The van der Waals surface area contributed by atoms with Crippen molar-refractivity contribution in [3.05, 3.63) is 29.8 Å². The van der Waals surface area contributed by atoms with Crippen LogP contribution in [0.2, 0.25) is 0 Å². The molecule has 1 spiro atoms. The molecule has 33 heavy (non-hydrogen) atoms. The molecule has 2 saturated heterocycles.